The molecule has 7 nitrogen and oxygen atoms in total. The molecule has 0 amide bonds. The van der Waals surface area contributed by atoms with E-state index in [0.717, 1.165) is 12.8 Å². The fourth-order valence-electron chi connectivity index (χ4n) is 3.18. The van der Waals surface area contributed by atoms with E-state index < -0.39 is 0 Å². The highest BCUT2D eigenvalue weighted by Gasteiger charge is 2.38. The molecule has 2 aliphatic rings. The lowest BCUT2D eigenvalue weighted by Crippen LogP contribution is -2.24. The molecule has 27 heavy (non-hydrogen) atoms. The first-order chi connectivity index (χ1) is 13.0. The maximum absolute atomic E-state index is 13.1. The molecule has 1 fully saturated rings. The van der Waals surface area contributed by atoms with Gasteiger partial charge in [-0.05, 0) is 59.5 Å². The van der Waals surface area contributed by atoms with Gasteiger partial charge in [0.05, 0.1) is 22.8 Å². The average molecular weight is 432 g/mol. The van der Waals surface area contributed by atoms with Gasteiger partial charge in [-0.1, -0.05) is 0 Å². The van der Waals surface area contributed by atoms with E-state index in [9.17, 15) is 9.59 Å². The number of halogens is 1. The number of hydrazone groups is 1. The smallest absolute Gasteiger partial charge is 0.257 e. The molecule has 4 rings (SSSR count). The molecular weight excluding hydrogens is 414 g/mol. The van der Waals surface area contributed by atoms with Gasteiger partial charge in [0.25, 0.3) is 5.90 Å². The van der Waals surface area contributed by atoms with Gasteiger partial charge in [-0.25, -0.2) is 0 Å². The Kier molecular flexibility index (Phi) is 4.51. The summed E-state index contributed by atoms with van der Waals surface area (Å²) in [6.45, 7) is 1.78. The fourth-order valence-corrected chi connectivity index (χ4v) is 3.72. The summed E-state index contributed by atoms with van der Waals surface area (Å²) in [5.74, 6) is 1.21. The van der Waals surface area contributed by atoms with Crippen molar-refractivity contribution in [3.8, 4) is 5.75 Å². The molecule has 1 atom stereocenters. The van der Waals surface area contributed by atoms with Crippen LogP contribution in [0.3, 0.4) is 0 Å². The van der Waals surface area contributed by atoms with Crippen molar-refractivity contribution in [2.45, 2.75) is 26.0 Å². The lowest BCUT2D eigenvalue weighted by Gasteiger charge is -2.09. The first kappa shape index (κ1) is 17.8. The lowest BCUT2D eigenvalue weighted by molar-refractivity contribution is 0.102. The third-order valence-corrected chi connectivity index (χ3v) is 5.45. The van der Waals surface area contributed by atoms with E-state index in [1.807, 2.05) is 0 Å². The van der Waals surface area contributed by atoms with Crippen LogP contribution < -0.4 is 10.2 Å². The first-order valence-electron chi connectivity index (χ1n) is 8.59. The van der Waals surface area contributed by atoms with Crippen LogP contribution in [-0.4, -0.2) is 36.3 Å². The highest BCUT2D eigenvalue weighted by molar-refractivity contribution is 9.10. The Bertz CT molecular complexity index is 962. The molecule has 140 valence electrons. The molecule has 1 unspecified atom stereocenters. The van der Waals surface area contributed by atoms with E-state index >= 15 is 0 Å². The zero-order chi connectivity index (χ0) is 19.1. The van der Waals surface area contributed by atoms with E-state index in [0.29, 0.717) is 50.7 Å². The van der Waals surface area contributed by atoms with Gasteiger partial charge in [0.15, 0.2) is 18.3 Å². The van der Waals surface area contributed by atoms with E-state index in [-0.39, 0.29) is 17.7 Å². The Morgan fingerprint density at radius 3 is 2.81 bits per heavy atom. The summed E-state index contributed by atoms with van der Waals surface area (Å²) in [5.41, 5.74) is 5.12. The van der Waals surface area contributed by atoms with Crippen LogP contribution in [0.15, 0.2) is 27.8 Å². The lowest BCUT2D eigenvalue weighted by atomic mass is 9.99. The Morgan fingerprint density at radius 1 is 1.41 bits per heavy atom. The summed E-state index contributed by atoms with van der Waals surface area (Å²) in [7, 11) is 1.56. The zero-order valence-electron chi connectivity index (χ0n) is 14.8. The quantitative estimate of drug-likeness (QED) is 0.541. The SMILES string of the molecule is COc1ccc(C(=O)c2c(C=O)[nH]c(C3=NNC(C4CC4)O3)c2C)cc1Br. The minimum Gasteiger partial charge on any atom is -0.496 e. The Balaban J connectivity index is 1.68. The van der Waals surface area contributed by atoms with Crippen molar-refractivity contribution in [2.24, 2.45) is 11.0 Å². The number of carbonyl (C=O) groups excluding carboxylic acids is 2. The van der Waals surface area contributed by atoms with Crippen LogP contribution in [-0.2, 0) is 4.74 Å². The molecule has 0 saturated heterocycles. The van der Waals surface area contributed by atoms with Gasteiger partial charge in [0.1, 0.15) is 11.4 Å². The molecule has 1 aliphatic heterocycles. The molecule has 2 N–H and O–H groups in total. The predicted octanol–water partition coefficient (Wildman–Crippen LogP) is 3.16. The summed E-state index contributed by atoms with van der Waals surface area (Å²) >= 11 is 3.39. The summed E-state index contributed by atoms with van der Waals surface area (Å²) in [5, 5.41) is 4.23. The largest absolute Gasteiger partial charge is 0.496 e. The van der Waals surface area contributed by atoms with Crippen LogP contribution in [0.2, 0.25) is 0 Å². The van der Waals surface area contributed by atoms with Gasteiger partial charge in [0.2, 0.25) is 0 Å². The molecule has 2 aromatic rings. The molecule has 0 bridgehead atoms. The number of aromatic nitrogens is 1. The number of methoxy groups -OCH3 is 1. The number of H-pyrrole nitrogens is 1. The van der Waals surface area contributed by atoms with Gasteiger partial charge in [-0.3, -0.25) is 15.0 Å². The maximum atomic E-state index is 13.1. The van der Waals surface area contributed by atoms with Crippen molar-refractivity contribution in [1.29, 1.82) is 0 Å². The number of nitrogens with one attached hydrogen (secondary N) is 2. The number of rotatable bonds is 6. The van der Waals surface area contributed by atoms with Crippen LogP contribution in [0.4, 0.5) is 0 Å². The molecule has 0 spiro atoms. The van der Waals surface area contributed by atoms with Crippen LogP contribution in [0.25, 0.3) is 0 Å². The van der Waals surface area contributed by atoms with Gasteiger partial charge in [0, 0.05) is 11.5 Å². The van der Waals surface area contributed by atoms with Crippen LogP contribution in [0.1, 0.15) is 50.5 Å². The van der Waals surface area contributed by atoms with Gasteiger partial charge in [-0.2, -0.15) is 0 Å². The van der Waals surface area contributed by atoms with E-state index in [2.05, 4.69) is 31.4 Å². The maximum Gasteiger partial charge on any atom is 0.257 e. The van der Waals surface area contributed by atoms with E-state index in [4.69, 9.17) is 9.47 Å². The summed E-state index contributed by atoms with van der Waals surface area (Å²) in [6, 6.07) is 5.05. The Labute approximate surface area is 164 Å². The van der Waals surface area contributed by atoms with Gasteiger partial charge >= 0.3 is 0 Å². The number of ketones is 1. The fraction of sp³-hybridized carbons (Fsp3) is 0.316. The molecule has 2 heterocycles. The summed E-state index contributed by atoms with van der Waals surface area (Å²) < 4.78 is 11.7. The molecule has 1 saturated carbocycles. The molecule has 1 aromatic heterocycles. The second kappa shape index (κ2) is 6.84. The summed E-state index contributed by atoms with van der Waals surface area (Å²) in [6.07, 6.45) is 2.72. The minimum atomic E-state index is -0.259. The third-order valence-electron chi connectivity index (χ3n) is 4.83. The van der Waals surface area contributed by atoms with Crippen molar-refractivity contribution >= 4 is 33.9 Å². The molecule has 0 radical (unpaired) electrons. The molecular formula is C19H18BrN3O4. The predicted molar refractivity (Wildman–Crippen MR) is 102 cm³/mol. The molecule has 1 aliphatic carbocycles. The van der Waals surface area contributed by atoms with E-state index in [1.165, 1.54) is 0 Å². The standard InChI is InChI=1S/C19H18BrN3O4/c1-9-15(17(25)11-5-6-14(26-2)12(20)7-11)13(8-24)21-16(9)19-23-22-18(27-19)10-3-4-10/h5-8,10,18,21-22H,3-4H2,1-2H3. The van der Waals surface area contributed by atoms with Crippen molar-refractivity contribution < 1.29 is 19.1 Å². The third kappa shape index (κ3) is 3.14. The van der Waals surface area contributed by atoms with Gasteiger partial charge in [-0.15, -0.1) is 5.10 Å². The van der Waals surface area contributed by atoms with Crippen molar-refractivity contribution in [1.82, 2.24) is 10.4 Å². The van der Waals surface area contributed by atoms with Crippen molar-refractivity contribution in [3.63, 3.8) is 0 Å². The van der Waals surface area contributed by atoms with Crippen LogP contribution >= 0.6 is 15.9 Å². The van der Waals surface area contributed by atoms with Crippen molar-refractivity contribution in [3.05, 3.63) is 50.8 Å². The zero-order valence-corrected chi connectivity index (χ0v) is 16.4. The second-order valence-electron chi connectivity index (χ2n) is 6.63. The van der Waals surface area contributed by atoms with Gasteiger partial charge < -0.3 is 14.5 Å². The Morgan fingerprint density at radius 2 is 2.19 bits per heavy atom. The number of benzene rings is 1. The summed E-state index contributed by atoms with van der Waals surface area (Å²) in [4.78, 5) is 27.6. The highest BCUT2D eigenvalue weighted by atomic mass is 79.9. The number of carbonyl (C=O) groups is 2. The highest BCUT2D eigenvalue weighted by Crippen LogP contribution is 2.35. The topological polar surface area (TPSA) is 92.8 Å². The van der Waals surface area contributed by atoms with E-state index in [1.54, 1.807) is 32.2 Å². The monoisotopic (exact) mass is 431 g/mol. The Hall–Kier alpha value is -2.61. The molecule has 1 aromatic carbocycles. The van der Waals surface area contributed by atoms with Crippen LogP contribution in [0.5, 0.6) is 5.75 Å². The van der Waals surface area contributed by atoms with Crippen molar-refractivity contribution in [2.75, 3.05) is 7.11 Å². The number of nitrogens with zero attached hydrogens (tertiary/aromatic N) is 1. The first-order valence-corrected chi connectivity index (χ1v) is 9.39. The molecule has 8 heteroatoms. The minimum absolute atomic E-state index is 0.140. The number of hydrogen-bond donors (Lipinski definition) is 2. The van der Waals surface area contributed by atoms with Crippen LogP contribution in [0, 0.1) is 12.8 Å². The number of ether oxygens (including phenoxy) is 2. The average Bonchev–Trinajstić information content (AvgIpc) is 3.31. The number of aromatic amines is 1. The normalized spacial score (nSPS) is 18.5. The second-order valence-corrected chi connectivity index (χ2v) is 7.49. The number of hydrogen-bond acceptors (Lipinski definition) is 6. The number of aldehydes is 1.